The minimum atomic E-state index is -0.654. The molecule has 0 radical (unpaired) electrons. The van der Waals surface area contributed by atoms with Crippen LogP contribution in [-0.4, -0.2) is 14.9 Å². The van der Waals surface area contributed by atoms with E-state index < -0.39 is 5.41 Å². The molecule has 274 valence electrons. The molecule has 0 saturated carbocycles. The second-order valence-electron chi connectivity index (χ2n) is 16.0. The highest BCUT2D eigenvalue weighted by atomic mass is 16.1. The molecule has 0 saturated heterocycles. The molecule has 2 aromatic heterocycles. The highest BCUT2D eigenvalue weighted by Gasteiger charge is 2.51. The third-order valence-electron chi connectivity index (χ3n) is 13.1. The van der Waals surface area contributed by atoms with E-state index in [0.717, 1.165) is 44.7 Å². The van der Waals surface area contributed by atoms with Gasteiger partial charge in [-0.25, -0.2) is 0 Å². The van der Waals surface area contributed by atoms with Crippen LogP contribution in [-0.2, 0) is 5.41 Å². The van der Waals surface area contributed by atoms with Crippen molar-refractivity contribution in [2.75, 3.05) is 0 Å². The summed E-state index contributed by atoms with van der Waals surface area (Å²) in [5, 5.41) is 4.88. The van der Waals surface area contributed by atoms with E-state index in [1.54, 1.807) is 0 Å². The Morgan fingerprint density at radius 3 is 1.36 bits per heavy atom. The van der Waals surface area contributed by atoms with Crippen molar-refractivity contribution in [2.45, 2.75) is 5.41 Å². The first kappa shape index (κ1) is 32.3. The van der Waals surface area contributed by atoms with Gasteiger partial charge >= 0.3 is 0 Å². The van der Waals surface area contributed by atoms with Gasteiger partial charge in [-0.3, -0.25) is 4.79 Å². The van der Waals surface area contributed by atoms with Gasteiger partial charge in [-0.2, -0.15) is 0 Å². The molecule has 0 unspecified atom stereocenters. The SMILES string of the molecule is O=C1c2ccccc2C2(c3ccccc31)c1ccccc1-c1cc3c4cc(-c5ccc6c(c5)c5ccccc5n6-c5ccccc5)ccc4n(-c4ccccc4)c3cc12. The van der Waals surface area contributed by atoms with E-state index in [-0.39, 0.29) is 5.78 Å². The Balaban J connectivity index is 1.10. The van der Waals surface area contributed by atoms with Gasteiger partial charge in [-0.15, -0.1) is 0 Å². The van der Waals surface area contributed by atoms with Crippen LogP contribution in [0.2, 0.25) is 0 Å². The van der Waals surface area contributed by atoms with Gasteiger partial charge < -0.3 is 9.13 Å². The zero-order chi connectivity index (χ0) is 38.8. The normalized spacial score (nSPS) is 13.6. The Labute approximate surface area is 340 Å². The van der Waals surface area contributed by atoms with Crippen LogP contribution in [0.25, 0.3) is 77.2 Å². The predicted molar refractivity (Wildman–Crippen MR) is 241 cm³/mol. The van der Waals surface area contributed by atoms with Crippen molar-refractivity contribution in [3.05, 3.63) is 240 Å². The van der Waals surface area contributed by atoms with Gasteiger partial charge in [0.2, 0.25) is 0 Å². The van der Waals surface area contributed by atoms with Gasteiger partial charge in [0.05, 0.1) is 27.5 Å². The summed E-state index contributed by atoms with van der Waals surface area (Å²) in [6, 6.07) is 74.2. The number of para-hydroxylation sites is 3. The van der Waals surface area contributed by atoms with Gasteiger partial charge in [-0.1, -0.05) is 140 Å². The predicted octanol–water partition coefficient (Wildman–Crippen LogP) is 13.5. The summed E-state index contributed by atoms with van der Waals surface area (Å²) in [5.74, 6) is 0.0857. The highest BCUT2D eigenvalue weighted by Crippen LogP contribution is 2.60. The molecule has 2 aliphatic rings. The summed E-state index contributed by atoms with van der Waals surface area (Å²) >= 11 is 0. The molecule has 0 fully saturated rings. The molecule has 0 N–H and O–H groups in total. The van der Waals surface area contributed by atoms with Crippen LogP contribution in [0.1, 0.15) is 38.2 Å². The molecular weight excluding hydrogens is 717 g/mol. The quantitative estimate of drug-likeness (QED) is 0.177. The average Bonchev–Trinajstić information content (AvgIpc) is 3.91. The van der Waals surface area contributed by atoms with Crippen LogP contribution in [0.3, 0.4) is 0 Å². The van der Waals surface area contributed by atoms with Crippen LogP contribution in [0.5, 0.6) is 0 Å². The maximum absolute atomic E-state index is 14.2. The molecule has 0 aliphatic heterocycles. The molecule has 0 amide bonds. The second kappa shape index (κ2) is 11.9. The summed E-state index contributed by atoms with van der Waals surface area (Å²) in [6.45, 7) is 0. The van der Waals surface area contributed by atoms with Crippen molar-refractivity contribution >= 4 is 49.4 Å². The fourth-order valence-electron chi connectivity index (χ4n) is 10.7. The Hall–Kier alpha value is -7.75. The van der Waals surface area contributed by atoms with Gasteiger partial charge in [0.15, 0.2) is 5.78 Å². The van der Waals surface area contributed by atoms with Crippen LogP contribution >= 0.6 is 0 Å². The number of rotatable bonds is 3. The van der Waals surface area contributed by atoms with Crippen LogP contribution in [0, 0.1) is 0 Å². The fourth-order valence-corrected chi connectivity index (χ4v) is 10.7. The van der Waals surface area contributed by atoms with Crippen LogP contribution < -0.4 is 0 Å². The largest absolute Gasteiger partial charge is 0.309 e. The lowest BCUT2D eigenvalue weighted by Crippen LogP contribution is -2.36. The zero-order valence-electron chi connectivity index (χ0n) is 31.9. The first-order valence-corrected chi connectivity index (χ1v) is 20.3. The van der Waals surface area contributed by atoms with Crippen molar-refractivity contribution < 1.29 is 4.79 Å². The first-order chi connectivity index (χ1) is 29.2. The third kappa shape index (κ3) is 4.23. The molecular formula is C56H34N2O. The molecule has 2 aliphatic carbocycles. The van der Waals surface area contributed by atoms with Crippen LogP contribution in [0.15, 0.2) is 206 Å². The minimum Gasteiger partial charge on any atom is -0.309 e. The standard InChI is InChI=1S/C56H34N2O/c59-55-41-21-8-12-24-48(41)56(49-25-13-9-22-42(49)55)47-23-11-7-19-39(47)43-33-46-45-32-36(28-30-53(45)58(54(46)34-50(43)56)38-17-5-2-6-18-38)35-27-29-52-44(31-35)40-20-10-14-26-51(40)57(52)37-15-3-1-4-16-37/h1-34H. The van der Waals surface area contributed by atoms with Crippen molar-refractivity contribution in [2.24, 2.45) is 0 Å². The molecule has 0 bridgehead atoms. The van der Waals surface area contributed by atoms with E-state index in [2.05, 4.69) is 191 Å². The molecule has 59 heavy (non-hydrogen) atoms. The van der Waals surface area contributed by atoms with Crippen molar-refractivity contribution in [3.8, 4) is 33.6 Å². The lowest BCUT2D eigenvalue weighted by Gasteiger charge is -2.39. The summed E-state index contributed by atoms with van der Waals surface area (Å²) in [7, 11) is 0. The monoisotopic (exact) mass is 750 g/mol. The molecule has 3 nitrogen and oxygen atoms in total. The summed E-state index contributed by atoms with van der Waals surface area (Å²) in [5.41, 5.74) is 17.1. The number of carbonyl (C=O) groups excluding carboxylic acids is 1. The van der Waals surface area contributed by atoms with E-state index in [4.69, 9.17) is 0 Å². The van der Waals surface area contributed by atoms with E-state index >= 15 is 0 Å². The topological polar surface area (TPSA) is 26.9 Å². The first-order valence-electron chi connectivity index (χ1n) is 20.3. The number of hydrogen-bond acceptors (Lipinski definition) is 1. The van der Waals surface area contributed by atoms with Crippen molar-refractivity contribution in [3.63, 3.8) is 0 Å². The minimum absolute atomic E-state index is 0.0857. The van der Waals surface area contributed by atoms with E-state index in [1.165, 1.54) is 66.0 Å². The number of ketones is 1. The van der Waals surface area contributed by atoms with Gasteiger partial charge in [-0.05, 0) is 111 Å². The van der Waals surface area contributed by atoms with E-state index in [9.17, 15) is 4.79 Å². The molecule has 3 heteroatoms. The lowest BCUT2D eigenvalue weighted by molar-refractivity contribution is 0.103. The average molecular weight is 751 g/mol. The second-order valence-corrected chi connectivity index (χ2v) is 16.0. The maximum Gasteiger partial charge on any atom is 0.193 e. The maximum atomic E-state index is 14.2. The van der Waals surface area contributed by atoms with Gasteiger partial charge in [0.1, 0.15) is 0 Å². The van der Waals surface area contributed by atoms with Crippen molar-refractivity contribution in [1.29, 1.82) is 0 Å². The lowest BCUT2D eigenvalue weighted by atomic mass is 9.61. The fraction of sp³-hybridized carbons (Fsp3) is 0.0179. The highest BCUT2D eigenvalue weighted by molar-refractivity contribution is 6.17. The number of fused-ring (bicyclic) bond motifs is 15. The Morgan fingerprint density at radius 1 is 0.305 bits per heavy atom. The molecule has 1 spiro atoms. The molecule has 13 rings (SSSR count). The number of nitrogens with zero attached hydrogens (tertiary/aromatic N) is 2. The van der Waals surface area contributed by atoms with Gasteiger partial charge in [0, 0.05) is 44.0 Å². The summed E-state index contributed by atoms with van der Waals surface area (Å²) < 4.78 is 4.79. The Bertz CT molecular complexity index is 3520. The Kier molecular flexibility index (Phi) is 6.52. The number of hydrogen-bond donors (Lipinski definition) is 0. The molecule has 2 heterocycles. The summed E-state index contributed by atoms with van der Waals surface area (Å²) in [4.78, 5) is 14.2. The number of carbonyl (C=O) groups is 1. The van der Waals surface area contributed by atoms with Crippen LogP contribution in [0.4, 0.5) is 0 Å². The smallest absolute Gasteiger partial charge is 0.193 e. The molecule has 11 aromatic rings. The number of aromatic nitrogens is 2. The van der Waals surface area contributed by atoms with E-state index in [0.29, 0.717) is 0 Å². The van der Waals surface area contributed by atoms with E-state index in [1.807, 2.05) is 24.3 Å². The molecule has 0 atom stereocenters. The third-order valence-corrected chi connectivity index (χ3v) is 13.1. The van der Waals surface area contributed by atoms with Crippen molar-refractivity contribution in [1.82, 2.24) is 9.13 Å². The Morgan fingerprint density at radius 2 is 0.746 bits per heavy atom. The molecule has 9 aromatic carbocycles. The zero-order valence-corrected chi connectivity index (χ0v) is 31.9. The summed E-state index contributed by atoms with van der Waals surface area (Å²) in [6.07, 6.45) is 0. The van der Waals surface area contributed by atoms with Gasteiger partial charge in [0.25, 0.3) is 0 Å². The number of benzene rings is 9.